The van der Waals surface area contributed by atoms with Crippen LogP contribution in [0.15, 0.2) is 170 Å². The molecule has 0 saturated heterocycles. The third-order valence-corrected chi connectivity index (χ3v) is 9.22. The van der Waals surface area contributed by atoms with Gasteiger partial charge >= 0.3 is 0 Å². The molecule has 0 nitrogen and oxygen atoms in total. The van der Waals surface area contributed by atoms with Crippen molar-refractivity contribution in [3.8, 4) is 33.4 Å². The van der Waals surface area contributed by atoms with E-state index in [1.165, 1.54) is 87.2 Å². The Morgan fingerprint density at radius 1 is 0.227 bits per heavy atom. The van der Waals surface area contributed by atoms with Gasteiger partial charge in [-0.1, -0.05) is 158 Å². The molecule has 204 valence electrons. The van der Waals surface area contributed by atoms with E-state index in [4.69, 9.17) is 0 Å². The second-order valence-corrected chi connectivity index (χ2v) is 11.7. The van der Waals surface area contributed by atoms with E-state index >= 15 is 0 Å². The molecule has 9 aromatic rings. The van der Waals surface area contributed by atoms with Gasteiger partial charge in [0.1, 0.15) is 0 Å². The van der Waals surface area contributed by atoms with Crippen molar-refractivity contribution in [1.82, 2.24) is 0 Å². The summed E-state index contributed by atoms with van der Waals surface area (Å²) in [6.45, 7) is 0. The van der Waals surface area contributed by atoms with Crippen molar-refractivity contribution in [2.24, 2.45) is 0 Å². The maximum absolute atomic E-state index is 2.34. The standard InChI is InChI=1S/C44H28/c1-2-11-30(12-3-1)43-38-15-6-8-17-40(38)44(41-18-9-7-16-39(41)43)31-23-21-29(22-24-31)35-19-10-20-36-37(35)26-25-34-27-32-13-4-5-14-33(32)28-42(34)36/h1-28H. The van der Waals surface area contributed by atoms with Gasteiger partial charge in [-0.15, -0.1) is 0 Å². The topological polar surface area (TPSA) is 0 Å². The van der Waals surface area contributed by atoms with Gasteiger partial charge in [0.25, 0.3) is 0 Å². The first-order chi connectivity index (χ1) is 21.8. The summed E-state index contributed by atoms with van der Waals surface area (Å²) in [6, 6.07) is 62.3. The van der Waals surface area contributed by atoms with Crippen LogP contribution in [0.4, 0.5) is 0 Å². The summed E-state index contributed by atoms with van der Waals surface area (Å²) in [6.07, 6.45) is 0. The highest BCUT2D eigenvalue weighted by Gasteiger charge is 2.16. The van der Waals surface area contributed by atoms with Gasteiger partial charge in [-0.25, -0.2) is 0 Å². The summed E-state index contributed by atoms with van der Waals surface area (Å²) in [5.41, 5.74) is 7.56. The molecular formula is C44H28. The predicted octanol–water partition coefficient (Wildman–Crippen LogP) is 12.5. The molecule has 0 heterocycles. The van der Waals surface area contributed by atoms with Crippen molar-refractivity contribution >= 4 is 53.9 Å². The summed E-state index contributed by atoms with van der Waals surface area (Å²) in [5.74, 6) is 0. The molecule has 0 aliphatic rings. The Morgan fingerprint density at radius 2 is 0.727 bits per heavy atom. The molecule has 0 atom stereocenters. The first kappa shape index (κ1) is 24.8. The second kappa shape index (κ2) is 9.93. The molecule has 0 radical (unpaired) electrons. The quantitative estimate of drug-likeness (QED) is 0.150. The van der Waals surface area contributed by atoms with Crippen LogP contribution in [0.5, 0.6) is 0 Å². The fourth-order valence-corrected chi connectivity index (χ4v) is 7.21. The van der Waals surface area contributed by atoms with Crippen molar-refractivity contribution in [1.29, 1.82) is 0 Å². The van der Waals surface area contributed by atoms with Crippen LogP contribution in [0, 0.1) is 0 Å². The monoisotopic (exact) mass is 556 g/mol. The second-order valence-electron chi connectivity index (χ2n) is 11.7. The van der Waals surface area contributed by atoms with E-state index in [1.807, 2.05) is 0 Å². The Balaban J connectivity index is 1.23. The van der Waals surface area contributed by atoms with Gasteiger partial charge < -0.3 is 0 Å². The summed E-state index contributed by atoms with van der Waals surface area (Å²) < 4.78 is 0. The van der Waals surface area contributed by atoms with Crippen molar-refractivity contribution in [2.75, 3.05) is 0 Å². The molecule has 44 heavy (non-hydrogen) atoms. The van der Waals surface area contributed by atoms with E-state index in [9.17, 15) is 0 Å². The lowest BCUT2D eigenvalue weighted by Crippen LogP contribution is -1.91. The van der Waals surface area contributed by atoms with Crippen LogP contribution in [0.3, 0.4) is 0 Å². The molecule has 9 aromatic carbocycles. The van der Waals surface area contributed by atoms with Gasteiger partial charge in [0.15, 0.2) is 0 Å². The lowest BCUT2D eigenvalue weighted by Gasteiger charge is -2.18. The summed E-state index contributed by atoms with van der Waals surface area (Å²) in [4.78, 5) is 0. The van der Waals surface area contributed by atoms with E-state index in [-0.39, 0.29) is 0 Å². The van der Waals surface area contributed by atoms with E-state index in [2.05, 4.69) is 170 Å². The van der Waals surface area contributed by atoms with Crippen LogP contribution in [0.2, 0.25) is 0 Å². The molecule has 0 aromatic heterocycles. The van der Waals surface area contributed by atoms with Crippen LogP contribution in [0.25, 0.3) is 87.2 Å². The fourth-order valence-electron chi connectivity index (χ4n) is 7.21. The number of hydrogen-bond acceptors (Lipinski definition) is 0. The highest BCUT2D eigenvalue weighted by Crippen LogP contribution is 2.44. The summed E-state index contributed by atoms with van der Waals surface area (Å²) in [5, 5.41) is 12.8. The highest BCUT2D eigenvalue weighted by atomic mass is 14.2. The zero-order chi connectivity index (χ0) is 29.0. The number of fused-ring (bicyclic) bond motifs is 6. The Morgan fingerprint density at radius 3 is 1.36 bits per heavy atom. The largest absolute Gasteiger partial charge is 0.0622 e. The molecule has 9 rings (SSSR count). The number of hydrogen-bond donors (Lipinski definition) is 0. The third-order valence-electron chi connectivity index (χ3n) is 9.22. The average Bonchev–Trinajstić information content (AvgIpc) is 3.10. The predicted molar refractivity (Wildman–Crippen MR) is 190 cm³/mol. The van der Waals surface area contributed by atoms with Gasteiger partial charge in [0.2, 0.25) is 0 Å². The van der Waals surface area contributed by atoms with E-state index < -0.39 is 0 Å². The van der Waals surface area contributed by atoms with Crippen LogP contribution in [-0.4, -0.2) is 0 Å². The summed E-state index contributed by atoms with van der Waals surface area (Å²) >= 11 is 0. The normalized spacial score (nSPS) is 11.6. The van der Waals surface area contributed by atoms with Crippen LogP contribution >= 0.6 is 0 Å². The maximum Gasteiger partial charge on any atom is -0.00264 e. The minimum atomic E-state index is 1.23. The Kier molecular flexibility index (Phi) is 5.61. The maximum atomic E-state index is 2.34. The molecule has 0 unspecified atom stereocenters. The van der Waals surface area contributed by atoms with Crippen molar-refractivity contribution in [3.05, 3.63) is 170 Å². The molecular weight excluding hydrogens is 528 g/mol. The third kappa shape index (κ3) is 3.85. The average molecular weight is 557 g/mol. The lowest BCUT2D eigenvalue weighted by molar-refractivity contribution is 1.63. The molecule has 0 N–H and O–H groups in total. The Bertz CT molecular complexity index is 2460. The van der Waals surface area contributed by atoms with Crippen molar-refractivity contribution in [2.45, 2.75) is 0 Å². The van der Waals surface area contributed by atoms with Crippen molar-refractivity contribution in [3.63, 3.8) is 0 Å². The molecule has 0 amide bonds. The fraction of sp³-hybridized carbons (Fsp3) is 0. The smallest absolute Gasteiger partial charge is 0.00264 e. The van der Waals surface area contributed by atoms with Gasteiger partial charge in [-0.05, 0) is 99.4 Å². The first-order valence-electron chi connectivity index (χ1n) is 15.3. The zero-order valence-corrected chi connectivity index (χ0v) is 24.2. The minimum Gasteiger partial charge on any atom is -0.0622 e. The van der Waals surface area contributed by atoms with Gasteiger partial charge in [-0.2, -0.15) is 0 Å². The molecule has 0 fully saturated rings. The minimum absolute atomic E-state index is 1.23. The van der Waals surface area contributed by atoms with E-state index in [0.29, 0.717) is 0 Å². The Hall–Kier alpha value is -5.72. The zero-order valence-electron chi connectivity index (χ0n) is 24.2. The first-order valence-corrected chi connectivity index (χ1v) is 15.3. The van der Waals surface area contributed by atoms with Crippen LogP contribution in [-0.2, 0) is 0 Å². The van der Waals surface area contributed by atoms with Gasteiger partial charge in [0, 0.05) is 0 Å². The lowest BCUT2D eigenvalue weighted by atomic mass is 9.85. The SMILES string of the molecule is c1ccc(-c2c3ccccc3c(-c3ccc(-c4cccc5c4ccc4cc6ccccc6cc45)cc3)c3ccccc23)cc1. The van der Waals surface area contributed by atoms with Gasteiger partial charge in [0.05, 0.1) is 0 Å². The van der Waals surface area contributed by atoms with Crippen molar-refractivity contribution < 1.29 is 0 Å². The highest BCUT2D eigenvalue weighted by molar-refractivity contribution is 6.21. The van der Waals surface area contributed by atoms with Crippen LogP contribution < -0.4 is 0 Å². The van der Waals surface area contributed by atoms with E-state index in [0.717, 1.165) is 0 Å². The molecule has 0 heteroatoms. The van der Waals surface area contributed by atoms with Crippen LogP contribution in [0.1, 0.15) is 0 Å². The molecule has 0 bridgehead atoms. The molecule has 0 aliphatic carbocycles. The summed E-state index contributed by atoms with van der Waals surface area (Å²) in [7, 11) is 0. The Labute approximate surface area is 256 Å². The molecule has 0 aliphatic heterocycles. The number of benzene rings is 9. The molecule has 0 saturated carbocycles. The molecule has 0 spiro atoms. The van der Waals surface area contributed by atoms with Gasteiger partial charge in [-0.3, -0.25) is 0 Å². The van der Waals surface area contributed by atoms with E-state index in [1.54, 1.807) is 0 Å². The number of rotatable bonds is 3.